The molecule has 0 spiro atoms. The largest absolute Gasteiger partial charge is 0.464 e. The van der Waals surface area contributed by atoms with E-state index in [2.05, 4.69) is 0 Å². The number of aromatic nitrogens is 1. The molecular weight excluding hydrogens is 205 g/mol. The van der Waals surface area contributed by atoms with E-state index in [4.69, 9.17) is 9.47 Å². The highest BCUT2D eigenvalue weighted by molar-refractivity contribution is 6.31. The van der Waals surface area contributed by atoms with E-state index in [0.717, 1.165) is 31.6 Å². The van der Waals surface area contributed by atoms with Crippen LogP contribution >= 0.6 is 0 Å². The normalized spacial score (nSPS) is 10.4. The predicted molar refractivity (Wildman–Crippen MR) is 65.1 cm³/mol. The second-order valence-electron chi connectivity index (χ2n) is 3.70. The number of esters is 1. The van der Waals surface area contributed by atoms with E-state index in [1.54, 1.807) is 13.2 Å². The smallest absolute Gasteiger partial charge is 0.354 e. The van der Waals surface area contributed by atoms with Crippen molar-refractivity contribution < 1.29 is 14.3 Å². The molecule has 0 aliphatic heterocycles. The maximum Gasteiger partial charge on any atom is 0.354 e. The summed E-state index contributed by atoms with van der Waals surface area (Å²) in [7, 11) is 5.09. The number of hydrogen-bond donors (Lipinski definition) is 0. The van der Waals surface area contributed by atoms with Crippen molar-refractivity contribution in [2.24, 2.45) is 0 Å². The molecule has 1 rings (SSSR count). The molecular formula is C11H18BNO3. The average molecular weight is 223 g/mol. The molecule has 0 aliphatic rings. The Morgan fingerprint density at radius 3 is 2.75 bits per heavy atom. The Kier molecular flexibility index (Phi) is 5.12. The lowest BCUT2D eigenvalue weighted by molar-refractivity contribution is 0.0588. The van der Waals surface area contributed by atoms with Crippen molar-refractivity contribution in [3.63, 3.8) is 0 Å². The van der Waals surface area contributed by atoms with Crippen molar-refractivity contribution in [2.75, 3.05) is 20.8 Å². The van der Waals surface area contributed by atoms with Gasteiger partial charge in [-0.05, 0) is 24.5 Å². The van der Waals surface area contributed by atoms with E-state index in [9.17, 15) is 4.79 Å². The second-order valence-corrected chi connectivity index (χ2v) is 3.70. The Morgan fingerprint density at radius 1 is 1.38 bits per heavy atom. The van der Waals surface area contributed by atoms with Gasteiger partial charge in [0.2, 0.25) is 0 Å². The zero-order valence-corrected chi connectivity index (χ0v) is 10.2. The lowest BCUT2D eigenvalue weighted by atomic mass is 10.1. The van der Waals surface area contributed by atoms with Crippen LogP contribution in [0.5, 0.6) is 0 Å². The summed E-state index contributed by atoms with van der Waals surface area (Å²) in [5.74, 6) is -0.278. The summed E-state index contributed by atoms with van der Waals surface area (Å²) in [4.78, 5) is 11.5. The number of rotatable bonds is 6. The van der Waals surface area contributed by atoms with Crippen LogP contribution in [0.4, 0.5) is 0 Å². The zero-order valence-electron chi connectivity index (χ0n) is 10.2. The summed E-state index contributed by atoms with van der Waals surface area (Å²) in [6.45, 7) is 1.58. The molecule has 0 radical (unpaired) electrons. The fourth-order valence-corrected chi connectivity index (χ4v) is 1.67. The molecule has 0 bridgehead atoms. The van der Waals surface area contributed by atoms with Gasteiger partial charge in [0.25, 0.3) is 0 Å². The molecule has 1 heterocycles. The first-order chi connectivity index (χ1) is 7.70. The van der Waals surface area contributed by atoms with Crippen LogP contribution in [0, 0.1) is 0 Å². The minimum atomic E-state index is -0.278. The van der Waals surface area contributed by atoms with Gasteiger partial charge in [0, 0.05) is 20.3 Å². The highest BCUT2D eigenvalue weighted by atomic mass is 16.5. The SMILES string of the molecule is Bc1ccc(C(=O)OC)n1CCCCOC. The number of carbonyl (C=O) groups excluding carboxylic acids is 1. The Bertz CT molecular complexity index is 349. The van der Waals surface area contributed by atoms with E-state index in [1.807, 2.05) is 18.5 Å². The first kappa shape index (κ1) is 12.8. The highest BCUT2D eigenvalue weighted by Crippen LogP contribution is 2.04. The summed E-state index contributed by atoms with van der Waals surface area (Å²) in [5.41, 5.74) is 1.70. The Morgan fingerprint density at radius 2 is 2.12 bits per heavy atom. The van der Waals surface area contributed by atoms with E-state index in [1.165, 1.54) is 7.11 Å². The van der Waals surface area contributed by atoms with Crippen LogP contribution < -0.4 is 5.59 Å². The van der Waals surface area contributed by atoms with Crippen molar-refractivity contribution in [3.8, 4) is 0 Å². The molecule has 1 aromatic heterocycles. The Hall–Kier alpha value is -1.23. The molecule has 0 atom stereocenters. The van der Waals surface area contributed by atoms with Gasteiger partial charge in [-0.1, -0.05) is 6.07 Å². The van der Waals surface area contributed by atoms with Gasteiger partial charge in [0.05, 0.1) is 7.11 Å². The number of hydrogen-bond acceptors (Lipinski definition) is 3. The second kappa shape index (κ2) is 6.38. The first-order valence-electron chi connectivity index (χ1n) is 5.44. The molecule has 0 saturated heterocycles. The molecule has 0 fully saturated rings. The van der Waals surface area contributed by atoms with Crippen LogP contribution in [0.3, 0.4) is 0 Å². The van der Waals surface area contributed by atoms with Crippen molar-refractivity contribution >= 4 is 19.4 Å². The minimum Gasteiger partial charge on any atom is -0.464 e. The molecule has 0 aromatic carbocycles. The molecule has 0 N–H and O–H groups in total. The first-order valence-corrected chi connectivity index (χ1v) is 5.44. The van der Waals surface area contributed by atoms with Crippen molar-refractivity contribution in [1.82, 2.24) is 4.57 Å². The lowest BCUT2D eigenvalue weighted by Crippen LogP contribution is -2.22. The average Bonchev–Trinajstić information content (AvgIpc) is 2.65. The molecule has 16 heavy (non-hydrogen) atoms. The summed E-state index contributed by atoms with van der Waals surface area (Å²) >= 11 is 0. The molecule has 0 aliphatic carbocycles. The van der Waals surface area contributed by atoms with E-state index < -0.39 is 0 Å². The van der Waals surface area contributed by atoms with E-state index in [-0.39, 0.29) is 5.97 Å². The fourth-order valence-electron chi connectivity index (χ4n) is 1.67. The van der Waals surface area contributed by atoms with Gasteiger partial charge >= 0.3 is 5.97 Å². The van der Waals surface area contributed by atoms with E-state index in [0.29, 0.717) is 5.69 Å². The van der Waals surface area contributed by atoms with Crippen LogP contribution in [0.1, 0.15) is 23.3 Å². The van der Waals surface area contributed by atoms with Crippen LogP contribution in [0.2, 0.25) is 0 Å². The number of unbranched alkanes of at least 4 members (excludes halogenated alkanes) is 1. The highest BCUT2D eigenvalue weighted by Gasteiger charge is 2.12. The van der Waals surface area contributed by atoms with Gasteiger partial charge < -0.3 is 14.0 Å². The third-order valence-electron chi connectivity index (χ3n) is 2.57. The molecule has 5 heteroatoms. The zero-order chi connectivity index (χ0) is 12.0. The third-order valence-corrected chi connectivity index (χ3v) is 2.57. The monoisotopic (exact) mass is 223 g/mol. The molecule has 0 amide bonds. The van der Waals surface area contributed by atoms with E-state index >= 15 is 0 Å². The minimum absolute atomic E-state index is 0.278. The van der Waals surface area contributed by atoms with Crippen molar-refractivity contribution in [1.29, 1.82) is 0 Å². The third kappa shape index (κ3) is 3.13. The van der Waals surface area contributed by atoms with Gasteiger partial charge in [-0.3, -0.25) is 0 Å². The summed E-state index contributed by atoms with van der Waals surface area (Å²) < 4.78 is 11.7. The van der Waals surface area contributed by atoms with Crippen molar-refractivity contribution in [2.45, 2.75) is 19.4 Å². The van der Waals surface area contributed by atoms with Crippen molar-refractivity contribution in [3.05, 3.63) is 17.8 Å². The standard InChI is InChI=1S/C11H18BNO3/c1-15-8-4-3-7-13-9(11(14)16-2)5-6-10(13)12/h5-6H,3-4,7-8,12H2,1-2H3. The van der Waals surface area contributed by atoms with Gasteiger partial charge in [0.15, 0.2) is 7.85 Å². The van der Waals surface area contributed by atoms with Crippen LogP contribution in [-0.4, -0.2) is 39.2 Å². The van der Waals surface area contributed by atoms with Gasteiger partial charge in [0.1, 0.15) is 5.69 Å². The number of ether oxygens (including phenoxy) is 2. The summed E-state index contributed by atoms with van der Waals surface area (Å²) in [6, 6.07) is 3.74. The Balaban J connectivity index is 2.63. The topological polar surface area (TPSA) is 40.5 Å². The molecule has 1 aromatic rings. The predicted octanol–water partition coefficient (Wildman–Crippen LogP) is -0.0403. The summed E-state index contributed by atoms with van der Waals surface area (Å²) in [5, 5.41) is 0. The summed E-state index contributed by atoms with van der Waals surface area (Å²) in [6.07, 6.45) is 1.99. The van der Waals surface area contributed by atoms with Gasteiger partial charge in [-0.25, -0.2) is 4.79 Å². The van der Waals surface area contributed by atoms with Crippen LogP contribution in [0.25, 0.3) is 0 Å². The Labute approximate surface area is 96.9 Å². The van der Waals surface area contributed by atoms with Crippen LogP contribution in [-0.2, 0) is 16.0 Å². The van der Waals surface area contributed by atoms with Crippen LogP contribution in [0.15, 0.2) is 12.1 Å². The molecule has 88 valence electrons. The fraction of sp³-hybridized carbons (Fsp3) is 0.545. The number of carbonyl (C=O) groups is 1. The molecule has 0 unspecified atom stereocenters. The molecule has 0 saturated carbocycles. The van der Waals surface area contributed by atoms with Gasteiger partial charge in [-0.2, -0.15) is 0 Å². The number of methoxy groups -OCH3 is 2. The van der Waals surface area contributed by atoms with Gasteiger partial charge in [-0.15, -0.1) is 0 Å². The maximum atomic E-state index is 11.5. The maximum absolute atomic E-state index is 11.5. The lowest BCUT2D eigenvalue weighted by Gasteiger charge is -2.10. The quantitative estimate of drug-likeness (QED) is 0.386. The number of nitrogens with zero attached hydrogens (tertiary/aromatic N) is 1. The molecule has 4 nitrogen and oxygen atoms in total.